The van der Waals surface area contributed by atoms with Crippen LogP contribution in [0, 0.1) is 6.92 Å². The molecule has 22 heavy (non-hydrogen) atoms. The Labute approximate surface area is 126 Å². The zero-order valence-electron chi connectivity index (χ0n) is 11.9. The Balaban J connectivity index is 1.65. The first-order chi connectivity index (χ1) is 10.7. The second kappa shape index (κ2) is 4.73. The number of rotatable bonds is 2. The fourth-order valence-electron chi connectivity index (χ4n) is 2.43. The van der Waals surface area contributed by atoms with Gasteiger partial charge in [0.1, 0.15) is 5.58 Å². The van der Waals surface area contributed by atoms with Crippen molar-refractivity contribution in [3.63, 3.8) is 0 Å². The van der Waals surface area contributed by atoms with Gasteiger partial charge >= 0.3 is 0 Å². The van der Waals surface area contributed by atoms with Gasteiger partial charge in [0.2, 0.25) is 5.95 Å². The Morgan fingerprint density at radius 3 is 2.91 bits per heavy atom. The predicted molar refractivity (Wildman–Crippen MR) is 85.0 cm³/mol. The molecule has 4 aromatic rings. The molecular weight excluding hydrogens is 278 g/mol. The van der Waals surface area contributed by atoms with E-state index in [1.54, 1.807) is 6.07 Å². The third-order valence-electron chi connectivity index (χ3n) is 3.52. The van der Waals surface area contributed by atoms with E-state index >= 15 is 0 Å². The number of anilines is 1. The molecule has 108 valence electrons. The number of carbonyl (C=O) groups is 1. The van der Waals surface area contributed by atoms with E-state index < -0.39 is 0 Å². The van der Waals surface area contributed by atoms with Crippen molar-refractivity contribution in [1.82, 2.24) is 9.97 Å². The minimum absolute atomic E-state index is 0.265. The fourth-order valence-corrected chi connectivity index (χ4v) is 2.43. The van der Waals surface area contributed by atoms with Crippen molar-refractivity contribution in [2.45, 2.75) is 6.92 Å². The summed E-state index contributed by atoms with van der Waals surface area (Å²) in [6.45, 7) is 1.98. The Kier molecular flexibility index (Phi) is 2.72. The maximum atomic E-state index is 12.3. The maximum absolute atomic E-state index is 12.3. The van der Waals surface area contributed by atoms with Crippen LogP contribution in [-0.4, -0.2) is 15.9 Å². The highest BCUT2D eigenvalue weighted by Crippen LogP contribution is 2.21. The van der Waals surface area contributed by atoms with E-state index in [1.807, 2.05) is 49.4 Å². The van der Waals surface area contributed by atoms with E-state index in [1.165, 1.54) is 0 Å². The van der Waals surface area contributed by atoms with E-state index in [0.29, 0.717) is 11.5 Å². The number of aryl methyl sites for hydroxylation is 1. The number of aromatic nitrogens is 2. The number of imidazole rings is 1. The van der Waals surface area contributed by atoms with E-state index in [2.05, 4.69) is 15.3 Å². The Morgan fingerprint density at radius 1 is 1.18 bits per heavy atom. The van der Waals surface area contributed by atoms with E-state index in [4.69, 9.17) is 4.42 Å². The van der Waals surface area contributed by atoms with Gasteiger partial charge in [-0.1, -0.05) is 24.3 Å². The zero-order chi connectivity index (χ0) is 15.1. The summed E-state index contributed by atoms with van der Waals surface area (Å²) in [4.78, 5) is 19.7. The molecule has 5 heteroatoms. The first-order valence-corrected chi connectivity index (χ1v) is 6.95. The SMILES string of the molecule is Cc1ccc2cc(C(=O)Nc3nc4ccccc4[nH]3)oc2c1. The Morgan fingerprint density at radius 2 is 2.05 bits per heavy atom. The van der Waals surface area contributed by atoms with Crippen LogP contribution in [-0.2, 0) is 0 Å². The predicted octanol–water partition coefficient (Wildman–Crippen LogP) is 3.87. The van der Waals surface area contributed by atoms with Crippen LogP contribution in [0.5, 0.6) is 0 Å². The molecule has 1 amide bonds. The van der Waals surface area contributed by atoms with Gasteiger partial charge < -0.3 is 9.40 Å². The van der Waals surface area contributed by atoms with Crippen molar-refractivity contribution in [2.75, 3.05) is 5.32 Å². The standard InChI is InChI=1S/C17H13N3O2/c1-10-6-7-11-9-15(22-14(11)8-10)16(21)20-17-18-12-4-2-3-5-13(12)19-17/h2-9H,1H3,(H2,18,19,20,21). The number of benzene rings is 2. The van der Waals surface area contributed by atoms with Gasteiger partial charge in [0.15, 0.2) is 5.76 Å². The maximum Gasteiger partial charge on any atom is 0.293 e. The molecule has 0 spiro atoms. The number of para-hydroxylation sites is 2. The van der Waals surface area contributed by atoms with E-state index in [0.717, 1.165) is 22.0 Å². The lowest BCUT2D eigenvalue weighted by Crippen LogP contribution is -2.11. The summed E-state index contributed by atoms with van der Waals surface area (Å²) < 4.78 is 5.60. The lowest BCUT2D eigenvalue weighted by molar-refractivity contribution is 0.0998. The molecule has 0 bridgehead atoms. The van der Waals surface area contributed by atoms with Crippen molar-refractivity contribution < 1.29 is 9.21 Å². The molecule has 5 nitrogen and oxygen atoms in total. The van der Waals surface area contributed by atoms with Gasteiger partial charge in [-0.2, -0.15) is 0 Å². The number of nitrogens with zero attached hydrogens (tertiary/aromatic N) is 1. The van der Waals surface area contributed by atoms with Crippen LogP contribution in [0.1, 0.15) is 16.1 Å². The number of fused-ring (bicyclic) bond motifs is 2. The smallest absolute Gasteiger partial charge is 0.293 e. The molecule has 2 N–H and O–H groups in total. The summed E-state index contributed by atoms with van der Waals surface area (Å²) in [7, 11) is 0. The van der Waals surface area contributed by atoms with E-state index in [9.17, 15) is 4.79 Å². The molecule has 0 aliphatic heterocycles. The van der Waals surface area contributed by atoms with Crippen LogP contribution in [0.25, 0.3) is 22.0 Å². The monoisotopic (exact) mass is 291 g/mol. The van der Waals surface area contributed by atoms with Crippen molar-refractivity contribution in [3.8, 4) is 0 Å². The van der Waals surface area contributed by atoms with Crippen LogP contribution < -0.4 is 5.32 Å². The van der Waals surface area contributed by atoms with Crippen LogP contribution in [0.15, 0.2) is 52.9 Å². The molecule has 0 unspecified atom stereocenters. The highest BCUT2D eigenvalue weighted by molar-refractivity contribution is 6.04. The summed E-state index contributed by atoms with van der Waals surface area (Å²) in [5.41, 5.74) is 3.47. The largest absolute Gasteiger partial charge is 0.451 e. The lowest BCUT2D eigenvalue weighted by atomic mass is 10.2. The van der Waals surface area contributed by atoms with Crippen molar-refractivity contribution in [1.29, 1.82) is 0 Å². The van der Waals surface area contributed by atoms with Gasteiger partial charge in [0.05, 0.1) is 11.0 Å². The van der Waals surface area contributed by atoms with Crippen LogP contribution in [0.2, 0.25) is 0 Å². The number of furan rings is 1. The topological polar surface area (TPSA) is 70.9 Å². The molecule has 2 aromatic heterocycles. The number of carbonyl (C=O) groups excluding carboxylic acids is 1. The van der Waals surface area contributed by atoms with Crippen molar-refractivity contribution in [2.24, 2.45) is 0 Å². The third-order valence-corrected chi connectivity index (χ3v) is 3.52. The van der Waals surface area contributed by atoms with Crippen molar-refractivity contribution in [3.05, 3.63) is 59.9 Å². The van der Waals surface area contributed by atoms with Gasteiger partial charge in [-0.3, -0.25) is 10.1 Å². The van der Waals surface area contributed by atoms with Crippen LogP contribution >= 0.6 is 0 Å². The number of hydrogen-bond acceptors (Lipinski definition) is 3. The van der Waals surface area contributed by atoms with Gasteiger partial charge in [-0.25, -0.2) is 4.98 Å². The second-order valence-electron chi connectivity index (χ2n) is 5.21. The molecular formula is C17H13N3O2. The summed E-state index contributed by atoms with van der Waals surface area (Å²) in [6, 6.07) is 15.2. The number of amides is 1. The van der Waals surface area contributed by atoms with E-state index in [-0.39, 0.29) is 11.7 Å². The molecule has 0 aliphatic carbocycles. The normalized spacial score (nSPS) is 11.1. The Hall–Kier alpha value is -3.08. The molecule has 2 aromatic carbocycles. The first kappa shape index (κ1) is 12.6. The number of hydrogen-bond donors (Lipinski definition) is 2. The minimum atomic E-state index is -0.326. The third kappa shape index (κ3) is 2.13. The molecule has 0 saturated heterocycles. The van der Waals surface area contributed by atoms with Crippen LogP contribution in [0.4, 0.5) is 5.95 Å². The molecule has 2 heterocycles. The average Bonchev–Trinajstić information content (AvgIpc) is 3.09. The molecule has 0 saturated carbocycles. The highest BCUT2D eigenvalue weighted by atomic mass is 16.3. The summed E-state index contributed by atoms with van der Waals surface area (Å²) in [6.07, 6.45) is 0. The fraction of sp³-hybridized carbons (Fsp3) is 0.0588. The molecule has 0 radical (unpaired) electrons. The number of nitrogens with one attached hydrogen (secondary N) is 2. The molecule has 0 fully saturated rings. The van der Waals surface area contributed by atoms with Gasteiger partial charge in [-0.15, -0.1) is 0 Å². The van der Waals surface area contributed by atoms with Gasteiger partial charge in [-0.05, 0) is 36.8 Å². The highest BCUT2D eigenvalue weighted by Gasteiger charge is 2.14. The first-order valence-electron chi connectivity index (χ1n) is 6.95. The molecule has 4 rings (SSSR count). The quantitative estimate of drug-likeness (QED) is 0.589. The number of H-pyrrole nitrogens is 1. The Bertz CT molecular complexity index is 964. The molecule has 0 atom stereocenters. The second-order valence-corrected chi connectivity index (χ2v) is 5.21. The van der Waals surface area contributed by atoms with Gasteiger partial charge in [0.25, 0.3) is 5.91 Å². The average molecular weight is 291 g/mol. The minimum Gasteiger partial charge on any atom is -0.451 e. The number of aromatic amines is 1. The van der Waals surface area contributed by atoms with Gasteiger partial charge in [0, 0.05) is 5.39 Å². The van der Waals surface area contributed by atoms with Crippen molar-refractivity contribution >= 4 is 33.9 Å². The lowest BCUT2D eigenvalue weighted by Gasteiger charge is -1.97. The summed E-state index contributed by atoms with van der Waals surface area (Å²) in [5.74, 6) is 0.344. The zero-order valence-corrected chi connectivity index (χ0v) is 11.9. The van der Waals surface area contributed by atoms with Crippen LogP contribution in [0.3, 0.4) is 0 Å². The molecule has 0 aliphatic rings. The summed E-state index contributed by atoms with van der Waals surface area (Å²) in [5, 5.41) is 3.63. The summed E-state index contributed by atoms with van der Waals surface area (Å²) >= 11 is 0.